The number of carbonyl (C=O) groups is 1. The Hall–Kier alpha value is -1.57. The Labute approximate surface area is 102 Å². The van der Waals surface area contributed by atoms with Gasteiger partial charge in [0.15, 0.2) is 0 Å². The molecular weight excluding hydrogens is 212 g/mol. The van der Waals surface area contributed by atoms with Crippen LogP contribution in [0.25, 0.3) is 0 Å². The quantitative estimate of drug-likeness (QED) is 0.807. The molecule has 1 aliphatic rings. The van der Waals surface area contributed by atoms with Crippen LogP contribution >= 0.6 is 0 Å². The summed E-state index contributed by atoms with van der Waals surface area (Å²) in [6.07, 6.45) is 5.13. The Morgan fingerprint density at radius 2 is 1.71 bits per heavy atom. The van der Waals surface area contributed by atoms with Crippen molar-refractivity contribution in [3.05, 3.63) is 47.5 Å². The van der Waals surface area contributed by atoms with Gasteiger partial charge in [-0.1, -0.05) is 50.3 Å². The van der Waals surface area contributed by atoms with E-state index in [0.29, 0.717) is 18.8 Å². The van der Waals surface area contributed by atoms with Crippen molar-refractivity contribution in [2.45, 2.75) is 38.0 Å². The Kier molecular flexibility index (Phi) is 3.05. The average Bonchev–Trinajstić information content (AvgIpc) is 2.79. The molecule has 0 fully saturated rings. The van der Waals surface area contributed by atoms with Crippen molar-refractivity contribution < 1.29 is 9.90 Å². The molecule has 0 radical (unpaired) electrons. The highest BCUT2D eigenvalue weighted by molar-refractivity contribution is 5.82. The molecule has 1 aliphatic carbocycles. The Balaban J connectivity index is 2.35. The van der Waals surface area contributed by atoms with Gasteiger partial charge in [-0.25, -0.2) is 0 Å². The Morgan fingerprint density at radius 1 is 1.18 bits per heavy atom. The smallest absolute Gasteiger partial charge is 0.314 e. The van der Waals surface area contributed by atoms with Crippen LogP contribution in [0.5, 0.6) is 0 Å². The maximum atomic E-state index is 11.5. The molecule has 0 heterocycles. The summed E-state index contributed by atoms with van der Waals surface area (Å²) >= 11 is 0. The third-order valence-corrected chi connectivity index (χ3v) is 3.64. The first kappa shape index (κ1) is 11.9. The topological polar surface area (TPSA) is 37.3 Å². The molecular formula is C15H18O2. The molecule has 1 aromatic carbocycles. The highest BCUT2D eigenvalue weighted by Gasteiger charge is 2.40. The van der Waals surface area contributed by atoms with Crippen molar-refractivity contribution in [1.29, 1.82) is 0 Å². The number of carboxylic acid groups (broad SMARTS) is 1. The number of aliphatic carboxylic acids is 1. The van der Waals surface area contributed by atoms with Gasteiger partial charge < -0.3 is 5.11 Å². The second-order valence-electron chi connectivity index (χ2n) is 5.04. The van der Waals surface area contributed by atoms with E-state index in [1.54, 1.807) is 0 Å². The maximum absolute atomic E-state index is 11.5. The second kappa shape index (κ2) is 4.36. The van der Waals surface area contributed by atoms with Gasteiger partial charge in [-0.15, -0.1) is 0 Å². The van der Waals surface area contributed by atoms with Gasteiger partial charge in [0.05, 0.1) is 5.41 Å². The lowest BCUT2D eigenvalue weighted by Gasteiger charge is -2.24. The molecule has 0 saturated carbocycles. The van der Waals surface area contributed by atoms with Gasteiger partial charge in [0.2, 0.25) is 0 Å². The molecule has 17 heavy (non-hydrogen) atoms. The van der Waals surface area contributed by atoms with E-state index >= 15 is 0 Å². The van der Waals surface area contributed by atoms with Crippen molar-refractivity contribution in [2.75, 3.05) is 0 Å². The fraction of sp³-hybridized carbons (Fsp3) is 0.400. The number of carboxylic acids is 1. The number of rotatable bonds is 3. The van der Waals surface area contributed by atoms with Crippen molar-refractivity contribution in [3.63, 3.8) is 0 Å². The first-order valence-electron chi connectivity index (χ1n) is 6.05. The number of allylic oxidation sites excluding steroid dienone is 2. The highest BCUT2D eigenvalue weighted by atomic mass is 16.4. The van der Waals surface area contributed by atoms with E-state index in [4.69, 9.17) is 0 Å². The fourth-order valence-electron chi connectivity index (χ4n) is 2.37. The maximum Gasteiger partial charge on any atom is 0.314 e. The lowest BCUT2D eigenvalue weighted by Crippen LogP contribution is -2.32. The molecule has 0 saturated heterocycles. The van der Waals surface area contributed by atoms with Crippen molar-refractivity contribution in [3.8, 4) is 0 Å². The Morgan fingerprint density at radius 3 is 2.12 bits per heavy atom. The van der Waals surface area contributed by atoms with Crippen LogP contribution in [0.2, 0.25) is 0 Å². The normalized spacial score (nSPS) is 17.6. The van der Waals surface area contributed by atoms with Crippen molar-refractivity contribution >= 4 is 5.97 Å². The fourth-order valence-corrected chi connectivity index (χ4v) is 2.37. The molecule has 1 N–H and O–H groups in total. The van der Waals surface area contributed by atoms with E-state index in [2.05, 4.69) is 13.8 Å². The van der Waals surface area contributed by atoms with Gasteiger partial charge in [-0.2, -0.15) is 0 Å². The van der Waals surface area contributed by atoms with Crippen molar-refractivity contribution in [2.24, 2.45) is 0 Å². The zero-order valence-corrected chi connectivity index (χ0v) is 10.3. The van der Waals surface area contributed by atoms with E-state index in [-0.39, 0.29) is 0 Å². The predicted molar refractivity (Wildman–Crippen MR) is 68.2 cm³/mol. The molecule has 0 aromatic heterocycles. The van der Waals surface area contributed by atoms with Crippen LogP contribution in [0.3, 0.4) is 0 Å². The zero-order chi connectivity index (χ0) is 12.5. The summed E-state index contributed by atoms with van der Waals surface area (Å²) in [5.41, 5.74) is 1.44. The molecule has 0 bridgehead atoms. The van der Waals surface area contributed by atoms with E-state index < -0.39 is 11.4 Å². The van der Waals surface area contributed by atoms with Gasteiger partial charge in [-0.05, 0) is 29.9 Å². The minimum absolute atomic E-state index is 0.478. The van der Waals surface area contributed by atoms with Gasteiger partial charge in [0, 0.05) is 0 Å². The van der Waals surface area contributed by atoms with Crippen LogP contribution in [0.1, 0.15) is 43.7 Å². The van der Waals surface area contributed by atoms with E-state index in [1.807, 2.05) is 36.4 Å². The van der Waals surface area contributed by atoms with Crippen LogP contribution in [0.4, 0.5) is 0 Å². The van der Waals surface area contributed by atoms with Crippen LogP contribution in [-0.2, 0) is 10.2 Å². The summed E-state index contributed by atoms with van der Waals surface area (Å²) in [4.78, 5) is 11.5. The van der Waals surface area contributed by atoms with Gasteiger partial charge >= 0.3 is 5.97 Å². The third-order valence-electron chi connectivity index (χ3n) is 3.64. The number of hydrogen-bond acceptors (Lipinski definition) is 1. The monoisotopic (exact) mass is 230 g/mol. The van der Waals surface area contributed by atoms with E-state index in [1.165, 1.54) is 5.56 Å². The number of hydrogen-bond donors (Lipinski definition) is 1. The SMILES string of the molecule is CC(C)c1ccc(C2(C(=O)O)CC=CC2)cc1. The van der Waals surface area contributed by atoms with E-state index in [9.17, 15) is 9.90 Å². The summed E-state index contributed by atoms with van der Waals surface area (Å²) < 4.78 is 0. The van der Waals surface area contributed by atoms with Crippen LogP contribution in [0, 0.1) is 0 Å². The largest absolute Gasteiger partial charge is 0.481 e. The molecule has 0 unspecified atom stereocenters. The standard InChI is InChI=1S/C15H18O2/c1-11(2)12-5-7-13(8-6-12)15(14(16)17)9-3-4-10-15/h3-8,11H,9-10H2,1-2H3,(H,16,17). The molecule has 2 nitrogen and oxygen atoms in total. The molecule has 0 spiro atoms. The van der Waals surface area contributed by atoms with Crippen LogP contribution < -0.4 is 0 Å². The summed E-state index contributed by atoms with van der Waals surface area (Å²) in [5.74, 6) is -0.244. The molecule has 1 aromatic rings. The highest BCUT2D eigenvalue weighted by Crippen LogP contribution is 2.37. The molecule has 2 heteroatoms. The minimum Gasteiger partial charge on any atom is -0.481 e. The summed E-state index contributed by atoms with van der Waals surface area (Å²) in [7, 11) is 0. The number of benzene rings is 1. The minimum atomic E-state index is -0.727. The summed E-state index contributed by atoms with van der Waals surface area (Å²) in [5, 5.41) is 9.46. The van der Waals surface area contributed by atoms with Gasteiger partial charge in [0.25, 0.3) is 0 Å². The van der Waals surface area contributed by atoms with Crippen molar-refractivity contribution in [1.82, 2.24) is 0 Å². The first-order chi connectivity index (χ1) is 8.06. The van der Waals surface area contributed by atoms with Crippen LogP contribution in [-0.4, -0.2) is 11.1 Å². The second-order valence-corrected chi connectivity index (χ2v) is 5.04. The molecule has 0 amide bonds. The zero-order valence-electron chi connectivity index (χ0n) is 10.3. The summed E-state index contributed by atoms with van der Waals surface area (Å²) in [6.45, 7) is 4.28. The van der Waals surface area contributed by atoms with E-state index in [0.717, 1.165) is 5.56 Å². The molecule has 2 rings (SSSR count). The molecule has 0 atom stereocenters. The third kappa shape index (κ3) is 1.99. The van der Waals surface area contributed by atoms with Crippen LogP contribution in [0.15, 0.2) is 36.4 Å². The first-order valence-corrected chi connectivity index (χ1v) is 6.05. The molecule has 0 aliphatic heterocycles. The molecule has 90 valence electrons. The lowest BCUT2D eigenvalue weighted by atomic mass is 9.78. The summed E-state index contributed by atoms with van der Waals surface area (Å²) in [6, 6.07) is 8.03. The Bertz CT molecular complexity index is 432. The predicted octanol–water partition coefficient (Wildman–Crippen LogP) is 3.48. The van der Waals surface area contributed by atoms with Gasteiger partial charge in [0.1, 0.15) is 0 Å². The van der Waals surface area contributed by atoms with Gasteiger partial charge in [-0.3, -0.25) is 4.79 Å². The lowest BCUT2D eigenvalue weighted by molar-refractivity contribution is -0.143. The average molecular weight is 230 g/mol.